The van der Waals surface area contributed by atoms with E-state index >= 15 is 0 Å². The van der Waals surface area contributed by atoms with Crippen molar-refractivity contribution in [3.63, 3.8) is 0 Å². The molecule has 1 heteroatoms. The average Bonchev–Trinajstić information content (AvgIpc) is 3.09. The van der Waals surface area contributed by atoms with E-state index in [9.17, 15) is 0 Å². The van der Waals surface area contributed by atoms with E-state index in [4.69, 9.17) is 0 Å². The third-order valence-electron chi connectivity index (χ3n) is 6.58. The lowest BCUT2D eigenvalue weighted by Gasteiger charge is -2.25. The lowest BCUT2D eigenvalue weighted by molar-refractivity contribution is 0.282. The van der Waals surface area contributed by atoms with E-state index in [1.807, 2.05) is 0 Å². The van der Waals surface area contributed by atoms with Crippen LogP contribution in [-0.4, -0.2) is 13.1 Å². The van der Waals surface area contributed by atoms with Crippen LogP contribution in [0.2, 0.25) is 0 Å². The summed E-state index contributed by atoms with van der Waals surface area (Å²) in [6.07, 6.45) is 12.4. The van der Waals surface area contributed by atoms with E-state index in [2.05, 4.69) is 5.32 Å². The second kappa shape index (κ2) is 4.26. The zero-order valence-electron chi connectivity index (χ0n) is 11.0. The van der Waals surface area contributed by atoms with Gasteiger partial charge in [0, 0.05) is 0 Å². The summed E-state index contributed by atoms with van der Waals surface area (Å²) in [5.41, 5.74) is 0. The van der Waals surface area contributed by atoms with Crippen LogP contribution in [0.4, 0.5) is 0 Å². The molecule has 0 heterocycles. The van der Waals surface area contributed by atoms with Crippen LogP contribution in [0.25, 0.3) is 0 Å². The van der Waals surface area contributed by atoms with Crippen molar-refractivity contribution in [1.29, 1.82) is 0 Å². The summed E-state index contributed by atoms with van der Waals surface area (Å²) in [5.74, 6) is 6.54. The summed E-state index contributed by atoms with van der Waals surface area (Å²) >= 11 is 0. The molecule has 4 rings (SSSR count). The molecule has 6 atom stereocenters. The maximum atomic E-state index is 3.84. The van der Waals surface area contributed by atoms with Gasteiger partial charge in [-0.05, 0) is 87.1 Å². The average molecular weight is 233 g/mol. The van der Waals surface area contributed by atoms with Crippen molar-refractivity contribution in [2.24, 2.45) is 35.5 Å². The molecular weight excluding hydrogens is 206 g/mol. The SMILES string of the molecule is C1C[C@@H]2C[C@@H]1C[C@H]2CNC[C@H]1C[C@@H]2CC[C@@H]1C2. The first-order valence-corrected chi connectivity index (χ1v) is 8.09. The van der Waals surface area contributed by atoms with Gasteiger partial charge in [0.05, 0.1) is 0 Å². The molecule has 0 radical (unpaired) electrons. The Morgan fingerprint density at radius 3 is 1.53 bits per heavy atom. The Morgan fingerprint density at radius 1 is 0.647 bits per heavy atom. The summed E-state index contributed by atoms with van der Waals surface area (Å²) in [5, 5.41) is 3.84. The van der Waals surface area contributed by atoms with Gasteiger partial charge < -0.3 is 5.32 Å². The first-order valence-electron chi connectivity index (χ1n) is 8.09. The van der Waals surface area contributed by atoms with Crippen LogP contribution in [0.5, 0.6) is 0 Å². The number of rotatable bonds is 4. The van der Waals surface area contributed by atoms with Crippen molar-refractivity contribution in [1.82, 2.24) is 5.32 Å². The second-order valence-electron chi connectivity index (χ2n) is 7.53. The highest BCUT2D eigenvalue weighted by atomic mass is 14.9. The molecule has 0 saturated heterocycles. The first-order chi connectivity index (χ1) is 8.38. The molecule has 0 aromatic rings. The van der Waals surface area contributed by atoms with E-state index in [1.165, 1.54) is 13.1 Å². The van der Waals surface area contributed by atoms with Gasteiger partial charge in [-0.1, -0.05) is 12.8 Å². The topological polar surface area (TPSA) is 12.0 Å². The third-order valence-corrected chi connectivity index (χ3v) is 6.58. The fourth-order valence-electron chi connectivity index (χ4n) is 5.71. The number of fused-ring (bicyclic) bond motifs is 4. The number of hydrogen-bond donors (Lipinski definition) is 1. The molecule has 96 valence electrons. The fourth-order valence-corrected chi connectivity index (χ4v) is 5.71. The lowest BCUT2D eigenvalue weighted by Crippen LogP contribution is -2.32. The summed E-state index contributed by atoms with van der Waals surface area (Å²) in [6.45, 7) is 2.68. The van der Waals surface area contributed by atoms with E-state index in [-0.39, 0.29) is 0 Å². The van der Waals surface area contributed by atoms with Crippen molar-refractivity contribution in [3.05, 3.63) is 0 Å². The van der Waals surface area contributed by atoms with E-state index in [0.717, 1.165) is 35.5 Å². The lowest BCUT2D eigenvalue weighted by atomic mass is 9.87. The molecule has 4 aliphatic rings. The maximum absolute atomic E-state index is 3.84. The van der Waals surface area contributed by atoms with Crippen LogP contribution in [0.15, 0.2) is 0 Å². The number of hydrogen-bond acceptors (Lipinski definition) is 1. The zero-order chi connectivity index (χ0) is 11.2. The van der Waals surface area contributed by atoms with E-state index in [0.29, 0.717) is 0 Å². The molecule has 0 amide bonds. The Hall–Kier alpha value is -0.0400. The van der Waals surface area contributed by atoms with Gasteiger partial charge in [-0.3, -0.25) is 0 Å². The molecule has 0 aliphatic heterocycles. The van der Waals surface area contributed by atoms with Gasteiger partial charge in [0.25, 0.3) is 0 Å². The van der Waals surface area contributed by atoms with Gasteiger partial charge in [-0.2, -0.15) is 0 Å². The smallest absolute Gasteiger partial charge is 0.00176 e. The van der Waals surface area contributed by atoms with Crippen LogP contribution in [0, 0.1) is 35.5 Å². The molecule has 4 fully saturated rings. The predicted octanol–water partition coefficient (Wildman–Crippen LogP) is 3.45. The zero-order valence-corrected chi connectivity index (χ0v) is 11.0. The van der Waals surface area contributed by atoms with Gasteiger partial charge in [-0.25, -0.2) is 0 Å². The molecule has 4 saturated carbocycles. The summed E-state index contributed by atoms with van der Waals surface area (Å²) in [7, 11) is 0. The molecule has 17 heavy (non-hydrogen) atoms. The Labute approximate surface area is 106 Å². The molecule has 0 aromatic heterocycles. The number of nitrogens with one attached hydrogen (secondary N) is 1. The fraction of sp³-hybridized carbons (Fsp3) is 1.00. The highest BCUT2D eigenvalue weighted by Crippen LogP contribution is 2.49. The van der Waals surface area contributed by atoms with Crippen LogP contribution in [-0.2, 0) is 0 Å². The van der Waals surface area contributed by atoms with Gasteiger partial charge in [0.15, 0.2) is 0 Å². The largest absolute Gasteiger partial charge is 0.316 e. The minimum Gasteiger partial charge on any atom is -0.316 e. The normalized spacial score (nSPS) is 51.5. The Kier molecular flexibility index (Phi) is 2.72. The third kappa shape index (κ3) is 1.95. The molecular formula is C16H27N. The Balaban J connectivity index is 1.22. The van der Waals surface area contributed by atoms with Crippen LogP contribution in [0.1, 0.15) is 51.4 Å². The Bertz CT molecular complexity index is 259. The molecule has 4 aliphatic carbocycles. The highest BCUT2D eigenvalue weighted by molar-refractivity contribution is 4.93. The molecule has 1 N–H and O–H groups in total. The maximum Gasteiger partial charge on any atom is -0.00176 e. The highest BCUT2D eigenvalue weighted by Gasteiger charge is 2.41. The van der Waals surface area contributed by atoms with Gasteiger partial charge >= 0.3 is 0 Å². The van der Waals surface area contributed by atoms with Gasteiger partial charge in [0.2, 0.25) is 0 Å². The molecule has 4 bridgehead atoms. The summed E-state index contributed by atoms with van der Waals surface area (Å²) < 4.78 is 0. The van der Waals surface area contributed by atoms with E-state index < -0.39 is 0 Å². The van der Waals surface area contributed by atoms with Crippen molar-refractivity contribution < 1.29 is 0 Å². The molecule has 1 nitrogen and oxygen atoms in total. The van der Waals surface area contributed by atoms with Crippen molar-refractivity contribution in [2.45, 2.75) is 51.4 Å². The summed E-state index contributed by atoms with van der Waals surface area (Å²) in [4.78, 5) is 0. The Morgan fingerprint density at radius 2 is 1.18 bits per heavy atom. The van der Waals surface area contributed by atoms with Crippen LogP contribution >= 0.6 is 0 Å². The predicted molar refractivity (Wildman–Crippen MR) is 70.7 cm³/mol. The van der Waals surface area contributed by atoms with Gasteiger partial charge in [-0.15, -0.1) is 0 Å². The minimum atomic E-state index is 1.05. The van der Waals surface area contributed by atoms with Crippen molar-refractivity contribution >= 4 is 0 Å². The van der Waals surface area contributed by atoms with Gasteiger partial charge in [0.1, 0.15) is 0 Å². The van der Waals surface area contributed by atoms with Crippen molar-refractivity contribution in [2.75, 3.05) is 13.1 Å². The molecule has 0 aromatic carbocycles. The van der Waals surface area contributed by atoms with Crippen LogP contribution in [0.3, 0.4) is 0 Å². The molecule has 0 spiro atoms. The summed E-state index contributed by atoms with van der Waals surface area (Å²) in [6, 6.07) is 0. The van der Waals surface area contributed by atoms with Crippen molar-refractivity contribution in [3.8, 4) is 0 Å². The minimum absolute atomic E-state index is 1.05. The molecule has 0 unspecified atom stereocenters. The quantitative estimate of drug-likeness (QED) is 0.784. The standard InChI is InChI=1S/C16H27N/c1-3-13-5-11(1)7-15(13)9-17-10-16-8-12-2-4-14(16)6-12/h11-17H,1-10H2/t11-,12-,13-,14-,15-,16+/m1/s1. The first kappa shape index (κ1) is 10.8. The van der Waals surface area contributed by atoms with Crippen LogP contribution < -0.4 is 5.32 Å². The second-order valence-corrected chi connectivity index (χ2v) is 7.53. The van der Waals surface area contributed by atoms with E-state index in [1.54, 1.807) is 51.4 Å². The monoisotopic (exact) mass is 233 g/mol.